The highest BCUT2D eigenvalue weighted by Crippen LogP contribution is 2.26. The van der Waals surface area contributed by atoms with Crippen LogP contribution in [0, 0.1) is 0 Å². The van der Waals surface area contributed by atoms with Gasteiger partial charge in [-0.1, -0.05) is 42.5 Å². The summed E-state index contributed by atoms with van der Waals surface area (Å²) >= 11 is 0. The molecule has 4 amide bonds. The van der Waals surface area contributed by atoms with Crippen LogP contribution in [0.1, 0.15) is 41.4 Å². The smallest absolute Gasteiger partial charge is 0.274 e. The number of aromatic hydroxyl groups is 2. The summed E-state index contributed by atoms with van der Waals surface area (Å²) in [4.78, 5) is 55.2. The summed E-state index contributed by atoms with van der Waals surface area (Å²) in [6.45, 7) is 0. The summed E-state index contributed by atoms with van der Waals surface area (Å²) < 4.78 is 0. The number of phenols is 2. The Kier molecular flexibility index (Phi) is 9.34. The number of hydrogen-bond acceptors (Lipinski definition) is 8. The molecule has 0 saturated heterocycles. The van der Waals surface area contributed by atoms with E-state index < -0.39 is 23.6 Å². The van der Waals surface area contributed by atoms with Gasteiger partial charge in [0.2, 0.25) is 0 Å². The quantitative estimate of drug-likeness (QED) is 0.180. The fraction of sp³-hybridized carbons (Fsp3) is 0. The zero-order valence-electron chi connectivity index (χ0n) is 21.8. The molecule has 12 heteroatoms. The van der Waals surface area contributed by atoms with E-state index in [1.165, 1.54) is 36.8 Å². The monoisotopic (exact) mass is 564 g/mol. The molecular formula is C30H24N6O6. The second-order valence-electron chi connectivity index (χ2n) is 8.50. The van der Waals surface area contributed by atoms with Gasteiger partial charge < -0.3 is 10.2 Å². The van der Waals surface area contributed by atoms with Crippen LogP contribution in [0.15, 0.2) is 110 Å². The molecule has 5 rings (SSSR count). The van der Waals surface area contributed by atoms with Crippen LogP contribution in [0.2, 0.25) is 0 Å². The minimum atomic E-state index is -0.602. The maximum absolute atomic E-state index is 12.3. The summed E-state index contributed by atoms with van der Waals surface area (Å²) in [7, 11) is 0. The van der Waals surface area contributed by atoms with E-state index in [1.54, 1.807) is 60.8 Å². The fourth-order valence-corrected chi connectivity index (χ4v) is 3.66. The lowest BCUT2D eigenvalue weighted by molar-refractivity contribution is 0.0845. The van der Waals surface area contributed by atoms with E-state index in [-0.39, 0.29) is 22.6 Å². The number of carbonyl (C=O) groups is 4. The van der Waals surface area contributed by atoms with Gasteiger partial charge in [0, 0.05) is 24.8 Å². The summed E-state index contributed by atoms with van der Waals surface area (Å²) in [6.07, 6.45) is 5.85. The normalized spacial score (nSPS) is 10.0. The third kappa shape index (κ3) is 7.21. The molecule has 0 radical (unpaired) electrons. The van der Waals surface area contributed by atoms with Crippen molar-refractivity contribution in [2.45, 2.75) is 0 Å². The second kappa shape index (κ2) is 13.7. The molecule has 2 aromatic heterocycles. The van der Waals surface area contributed by atoms with E-state index in [0.717, 1.165) is 5.39 Å². The molecule has 12 nitrogen and oxygen atoms in total. The lowest BCUT2D eigenvalue weighted by Gasteiger charge is -2.11. The average Bonchev–Trinajstić information content (AvgIpc) is 3.03. The number of aromatic nitrogens is 2. The van der Waals surface area contributed by atoms with Crippen molar-refractivity contribution in [2.75, 3.05) is 0 Å². The van der Waals surface area contributed by atoms with Gasteiger partial charge in [-0.2, -0.15) is 0 Å². The van der Waals surface area contributed by atoms with Crippen molar-refractivity contribution < 1.29 is 29.4 Å². The van der Waals surface area contributed by atoms with Gasteiger partial charge in [-0.15, -0.1) is 0 Å². The van der Waals surface area contributed by atoms with Crippen LogP contribution in [0.5, 0.6) is 11.5 Å². The zero-order valence-corrected chi connectivity index (χ0v) is 21.8. The number of hydrazine groups is 2. The van der Waals surface area contributed by atoms with Gasteiger partial charge in [-0.05, 0) is 53.2 Å². The topological polar surface area (TPSA) is 183 Å². The van der Waals surface area contributed by atoms with Crippen LogP contribution in [-0.2, 0) is 0 Å². The Labute approximate surface area is 239 Å². The van der Waals surface area contributed by atoms with Crippen molar-refractivity contribution in [3.8, 4) is 11.5 Å². The van der Waals surface area contributed by atoms with Crippen molar-refractivity contribution >= 4 is 34.4 Å². The molecular weight excluding hydrogens is 540 g/mol. The van der Waals surface area contributed by atoms with E-state index in [2.05, 4.69) is 31.7 Å². The third-order valence-corrected chi connectivity index (χ3v) is 5.71. The van der Waals surface area contributed by atoms with Crippen molar-refractivity contribution in [1.82, 2.24) is 31.7 Å². The molecule has 42 heavy (non-hydrogen) atoms. The Balaban J connectivity index is 0.000000197. The number of carbonyl (C=O) groups excluding carboxylic acids is 4. The van der Waals surface area contributed by atoms with Crippen LogP contribution < -0.4 is 21.7 Å². The predicted octanol–water partition coefficient (Wildman–Crippen LogP) is 2.88. The van der Waals surface area contributed by atoms with Crippen LogP contribution in [0.25, 0.3) is 10.8 Å². The number of amides is 4. The first kappa shape index (κ1) is 28.7. The van der Waals surface area contributed by atoms with Gasteiger partial charge in [-0.25, -0.2) is 0 Å². The lowest BCUT2D eigenvalue weighted by atomic mass is 10.0. The maximum atomic E-state index is 12.3. The van der Waals surface area contributed by atoms with Crippen molar-refractivity contribution in [1.29, 1.82) is 0 Å². The molecule has 2 heterocycles. The first-order chi connectivity index (χ1) is 20.3. The molecule has 0 aliphatic carbocycles. The van der Waals surface area contributed by atoms with Crippen LogP contribution >= 0.6 is 0 Å². The van der Waals surface area contributed by atoms with E-state index in [0.29, 0.717) is 16.5 Å². The molecule has 0 atom stereocenters. The predicted molar refractivity (Wildman–Crippen MR) is 152 cm³/mol. The minimum absolute atomic E-state index is 0.0778. The summed E-state index contributed by atoms with van der Waals surface area (Å²) in [6, 6.07) is 22.7. The number of hydrogen-bond donors (Lipinski definition) is 6. The largest absolute Gasteiger partial charge is 0.507 e. The van der Waals surface area contributed by atoms with Gasteiger partial charge in [0.05, 0.1) is 22.3 Å². The van der Waals surface area contributed by atoms with E-state index in [1.807, 2.05) is 12.1 Å². The molecule has 0 fully saturated rings. The van der Waals surface area contributed by atoms with Gasteiger partial charge in [0.25, 0.3) is 23.6 Å². The highest BCUT2D eigenvalue weighted by molar-refractivity contribution is 6.10. The Morgan fingerprint density at radius 2 is 1.07 bits per heavy atom. The Morgan fingerprint density at radius 3 is 1.67 bits per heavy atom. The van der Waals surface area contributed by atoms with Gasteiger partial charge in [-0.3, -0.25) is 50.8 Å². The number of nitrogens with one attached hydrogen (secondary N) is 4. The lowest BCUT2D eigenvalue weighted by Crippen LogP contribution is -2.41. The van der Waals surface area contributed by atoms with Crippen LogP contribution in [0.4, 0.5) is 0 Å². The van der Waals surface area contributed by atoms with Crippen LogP contribution in [0.3, 0.4) is 0 Å². The molecule has 0 aliphatic heterocycles. The molecule has 5 aromatic rings. The highest BCUT2D eigenvalue weighted by atomic mass is 16.3. The standard InChI is InChI=1S/C17H13N3O3.C13H11N3O3/c21-14-8-7-11-4-1-2-6-13(11)15(14)17(23)20-19-16(22)12-5-3-9-18-10-12;17-11-6-2-1-5-10(11)13(19)16-15-12(18)9-4-3-7-14-8-9/h1-10,21H,(H,19,22)(H,20,23);1-8,17H,(H,15,18)(H,16,19). The average molecular weight is 565 g/mol. The van der Waals surface area contributed by atoms with Crippen molar-refractivity contribution in [3.05, 3.63) is 132 Å². The molecule has 6 N–H and O–H groups in total. The Morgan fingerprint density at radius 1 is 0.524 bits per heavy atom. The first-order valence-corrected chi connectivity index (χ1v) is 12.3. The van der Waals surface area contributed by atoms with E-state index in [4.69, 9.17) is 0 Å². The Hall–Kier alpha value is -6.30. The number of rotatable bonds is 4. The number of nitrogens with zero attached hydrogens (tertiary/aromatic N) is 2. The second-order valence-corrected chi connectivity index (χ2v) is 8.50. The third-order valence-electron chi connectivity index (χ3n) is 5.71. The summed E-state index contributed by atoms with van der Waals surface area (Å²) in [5, 5.41) is 20.9. The Bertz CT molecular complexity index is 1730. The molecule has 0 bridgehead atoms. The summed E-state index contributed by atoms with van der Waals surface area (Å²) in [5.74, 6) is -2.50. The molecule has 0 spiro atoms. The summed E-state index contributed by atoms with van der Waals surface area (Å²) in [5.41, 5.74) is 9.87. The van der Waals surface area contributed by atoms with Gasteiger partial charge >= 0.3 is 0 Å². The minimum Gasteiger partial charge on any atom is -0.507 e. The number of fused-ring (bicyclic) bond motifs is 1. The number of pyridine rings is 2. The maximum Gasteiger partial charge on any atom is 0.274 e. The van der Waals surface area contributed by atoms with Gasteiger partial charge in [0.1, 0.15) is 11.5 Å². The molecule has 0 aliphatic rings. The van der Waals surface area contributed by atoms with E-state index in [9.17, 15) is 29.4 Å². The zero-order chi connectivity index (χ0) is 29.9. The van der Waals surface area contributed by atoms with Crippen LogP contribution in [-0.4, -0.2) is 43.8 Å². The highest BCUT2D eigenvalue weighted by Gasteiger charge is 2.16. The first-order valence-electron chi connectivity index (χ1n) is 12.3. The molecule has 0 unspecified atom stereocenters. The van der Waals surface area contributed by atoms with Crippen molar-refractivity contribution in [3.63, 3.8) is 0 Å². The number of benzene rings is 3. The fourth-order valence-electron chi connectivity index (χ4n) is 3.66. The van der Waals surface area contributed by atoms with Gasteiger partial charge in [0.15, 0.2) is 0 Å². The SMILES string of the molecule is O=C(NNC(=O)c1c(O)ccc2ccccc12)c1cccnc1.O=C(NNC(=O)c1ccccc1O)c1cccnc1. The molecule has 210 valence electrons. The molecule has 3 aromatic carbocycles. The van der Waals surface area contributed by atoms with E-state index >= 15 is 0 Å². The molecule has 0 saturated carbocycles. The van der Waals surface area contributed by atoms with Crippen molar-refractivity contribution in [2.24, 2.45) is 0 Å². The number of para-hydroxylation sites is 1. The number of phenolic OH excluding ortho intramolecular Hbond substituents is 2.